The number of aromatic nitrogens is 2. The molecule has 2 heterocycles. The summed E-state index contributed by atoms with van der Waals surface area (Å²) in [4.78, 5) is 18.2. The monoisotopic (exact) mass is 393 g/mol. The van der Waals surface area contributed by atoms with Crippen molar-refractivity contribution in [2.75, 3.05) is 19.6 Å². The number of carbonyl (C=O) groups is 1. The first-order valence-corrected chi connectivity index (χ1v) is 9.84. The Kier molecular flexibility index (Phi) is 7.10. The van der Waals surface area contributed by atoms with E-state index in [9.17, 15) is 9.90 Å². The molecule has 0 fully saturated rings. The van der Waals surface area contributed by atoms with Crippen LogP contribution in [0.25, 0.3) is 10.9 Å². The lowest BCUT2D eigenvalue weighted by Crippen LogP contribution is -2.34. The standard InChI is InChI=1S/C22H27N5O2/c1-3-26(4-2)15-19(28)16-27-14-18(20-7-5-6-8-21(20)27)13-24-25-22(29)17-9-11-23-12-10-17/h5-14,19,28H,3-4,15-16H2,1-2H3,(H,25,29)/b24-13+. The SMILES string of the molecule is CCN(CC)CC(O)Cn1cc(/C=N/NC(=O)c2ccncc2)c2ccccc21. The van der Waals surface area contributed by atoms with E-state index in [0.717, 1.165) is 29.6 Å². The van der Waals surface area contributed by atoms with Gasteiger partial charge in [0.2, 0.25) is 0 Å². The molecule has 0 aliphatic carbocycles. The highest BCUT2D eigenvalue weighted by atomic mass is 16.3. The fourth-order valence-corrected chi connectivity index (χ4v) is 3.32. The van der Waals surface area contributed by atoms with Gasteiger partial charge in [0.05, 0.1) is 12.3 Å². The van der Waals surface area contributed by atoms with Gasteiger partial charge >= 0.3 is 0 Å². The van der Waals surface area contributed by atoms with Crippen molar-refractivity contribution in [2.24, 2.45) is 5.10 Å². The molecule has 0 radical (unpaired) electrons. The van der Waals surface area contributed by atoms with E-state index in [1.165, 1.54) is 0 Å². The summed E-state index contributed by atoms with van der Waals surface area (Å²) in [7, 11) is 0. The molecule has 1 unspecified atom stereocenters. The quantitative estimate of drug-likeness (QED) is 0.432. The summed E-state index contributed by atoms with van der Waals surface area (Å²) < 4.78 is 2.04. The Balaban J connectivity index is 1.74. The number of nitrogens with one attached hydrogen (secondary N) is 1. The zero-order valence-corrected chi connectivity index (χ0v) is 16.8. The molecule has 1 amide bonds. The number of fused-ring (bicyclic) bond motifs is 1. The number of carbonyl (C=O) groups excluding carboxylic acids is 1. The van der Waals surface area contributed by atoms with Crippen LogP contribution < -0.4 is 5.43 Å². The van der Waals surface area contributed by atoms with Crippen LogP contribution in [-0.4, -0.2) is 57.4 Å². The number of aliphatic hydroxyl groups excluding tert-OH is 1. The Labute approximate surface area is 170 Å². The molecule has 3 rings (SSSR count). The van der Waals surface area contributed by atoms with Crippen molar-refractivity contribution < 1.29 is 9.90 Å². The van der Waals surface area contributed by atoms with Crippen molar-refractivity contribution in [3.8, 4) is 0 Å². The molecule has 0 saturated carbocycles. The van der Waals surface area contributed by atoms with Gasteiger partial charge in [-0.1, -0.05) is 32.0 Å². The summed E-state index contributed by atoms with van der Waals surface area (Å²) in [6, 6.07) is 11.2. The number of pyridine rings is 1. The minimum atomic E-state index is -0.470. The van der Waals surface area contributed by atoms with Crippen LogP contribution in [0.1, 0.15) is 29.8 Å². The first-order valence-electron chi connectivity index (χ1n) is 9.84. The number of hydrogen-bond acceptors (Lipinski definition) is 5. The maximum atomic E-state index is 12.1. The lowest BCUT2D eigenvalue weighted by atomic mass is 10.2. The summed E-state index contributed by atoms with van der Waals surface area (Å²) in [5.41, 5.74) is 4.94. The third-order valence-corrected chi connectivity index (χ3v) is 4.90. The predicted octanol–water partition coefficient (Wildman–Crippen LogP) is 2.50. The van der Waals surface area contributed by atoms with Gasteiger partial charge in [-0.15, -0.1) is 0 Å². The summed E-state index contributed by atoms with van der Waals surface area (Å²) in [6.45, 7) is 7.13. The zero-order valence-electron chi connectivity index (χ0n) is 16.8. The minimum Gasteiger partial charge on any atom is -0.390 e. The number of likely N-dealkylation sites (N-methyl/N-ethyl adjacent to an activating group) is 1. The van der Waals surface area contributed by atoms with Crippen molar-refractivity contribution in [2.45, 2.75) is 26.5 Å². The van der Waals surface area contributed by atoms with Crippen LogP contribution in [0.15, 0.2) is 60.1 Å². The summed E-state index contributed by atoms with van der Waals surface area (Å²) in [5, 5.41) is 15.6. The van der Waals surface area contributed by atoms with Crippen LogP contribution in [0.5, 0.6) is 0 Å². The molecule has 7 nitrogen and oxygen atoms in total. The molecule has 1 aromatic carbocycles. The summed E-state index contributed by atoms with van der Waals surface area (Å²) in [5.74, 6) is -0.290. The molecule has 0 saturated heterocycles. The molecule has 7 heteroatoms. The average Bonchev–Trinajstić information content (AvgIpc) is 3.10. The van der Waals surface area contributed by atoms with Gasteiger partial charge in [0, 0.05) is 53.7 Å². The molecular weight excluding hydrogens is 366 g/mol. The van der Waals surface area contributed by atoms with Gasteiger partial charge in [-0.3, -0.25) is 9.78 Å². The smallest absolute Gasteiger partial charge is 0.271 e. The van der Waals surface area contributed by atoms with E-state index >= 15 is 0 Å². The van der Waals surface area contributed by atoms with Crippen molar-refractivity contribution in [1.82, 2.24) is 19.9 Å². The fourth-order valence-electron chi connectivity index (χ4n) is 3.32. The van der Waals surface area contributed by atoms with Gasteiger partial charge in [-0.05, 0) is 31.3 Å². The zero-order chi connectivity index (χ0) is 20.6. The van der Waals surface area contributed by atoms with Crippen LogP contribution >= 0.6 is 0 Å². The van der Waals surface area contributed by atoms with E-state index < -0.39 is 6.10 Å². The molecule has 152 valence electrons. The van der Waals surface area contributed by atoms with E-state index in [4.69, 9.17) is 0 Å². The Hall–Kier alpha value is -3.03. The largest absolute Gasteiger partial charge is 0.390 e. The van der Waals surface area contributed by atoms with Crippen LogP contribution in [0.2, 0.25) is 0 Å². The van der Waals surface area contributed by atoms with Crippen LogP contribution in [0.3, 0.4) is 0 Å². The summed E-state index contributed by atoms with van der Waals surface area (Å²) >= 11 is 0. The van der Waals surface area contributed by atoms with Gasteiger partial charge in [0.15, 0.2) is 0 Å². The third kappa shape index (κ3) is 5.28. The molecular formula is C22H27N5O2. The van der Waals surface area contributed by atoms with Crippen molar-refractivity contribution in [1.29, 1.82) is 0 Å². The number of hydrazone groups is 1. The normalized spacial score (nSPS) is 12.7. The van der Waals surface area contributed by atoms with Crippen molar-refractivity contribution in [3.63, 3.8) is 0 Å². The lowest BCUT2D eigenvalue weighted by molar-refractivity contribution is 0.0955. The highest BCUT2D eigenvalue weighted by molar-refractivity contribution is 6.00. The first-order chi connectivity index (χ1) is 14.1. The van der Waals surface area contributed by atoms with Crippen LogP contribution in [0.4, 0.5) is 0 Å². The molecule has 3 aromatic rings. The van der Waals surface area contributed by atoms with E-state index in [-0.39, 0.29) is 5.91 Å². The number of hydrogen-bond donors (Lipinski definition) is 2. The maximum Gasteiger partial charge on any atom is 0.271 e. The molecule has 1 atom stereocenters. The van der Waals surface area contributed by atoms with Gasteiger partial charge in [0.1, 0.15) is 0 Å². The van der Waals surface area contributed by atoms with Gasteiger partial charge < -0.3 is 14.6 Å². The topological polar surface area (TPSA) is 82.8 Å². The minimum absolute atomic E-state index is 0.290. The second-order valence-electron chi connectivity index (χ2n) is 6.83. The molecule has 2 N–H and O–H groups in total. The predicted molar refractivity (Wildman–Crippen MR) is 115 cm³/mol. The van der Waals surface area contributed by atoms with Crippen molar-refractivity contribution in [3.05, 3.63) is 66.1 Å². The highest BCUT2D eigenvalue weighted by Crippen LogP contribution is 2.20. The molecule has 29 heavy (non-hydrogen) atoms. The number of rotatable bonds is 9. The number of benzene rings is 1. The second kappa shape index (κ2) is 9.95. The van der Waals surface area contributed by atoms with Gasteiger partial charge in [0.25, 0.3) is 5.91 Å². The van der Waals surface area contributed by atoms with Crippen molar-refractivity contribution >= 4 is 23.0 Å². The molecule has 0 aliphatic heterocycles. The van der Waals surface area contributed by atoms with E-state index in [0.29, 0.717) is 18.7 Å². The molecule has 2 aromatic heterocycles. The van der Waals surface area contributed by atoms with Gasteiger partial charge in [-0.2, -0.15) is 5.10 Å². The molecule has 0 spiro atoms. The second-order valence-corrected chi connectivity index (χ2v) is 6.83. The fraction of sp³-hybridized carbons (Fsp3) is 0.318. The number of para-hydroxylation sites is 1. The Morgan fingerprint density at radius 2 is 1.97 bits per heavy atom. The highest BCUT2D eigenvalue weighted by Gasteiger charge is 2.13. The third-order valence-electron chi connectivity index (χ3n) is 4.90. The Morgan fingerprint density at radius 1 is 1.24 bits per heavy atom. The Morgan fingerprint density at radius 3 is 2.69 bits per heavy atom. The van der Waals surface area contributed by atoms with Crippen LogP contribution in [-0.2, 0) is 6.54 Å². The maximum absolute atomic E-state index is 12.1. The number of nitrogens with zero attached hydrogens (tertiary/aromatic N) is 4. The van der Waals surface area contributed by atoms with Crippen LogP contribution in [0, 0.1) is 0 Å². The molecule has 0 aliphatic rings. The number of amides is 1. The van der Waals surface area contributed by atoms with E-state index in [1.54, 1.807) is 30.7 Å². The molecule has 0 bridgehead atoms. The van der Waals surface area contributed by atoms with E-state index in [1.807, 2.05) is 35.0 Å². The number of aliphatic hydroxyl groups is 1. The lowest BCUT2D eigenvalue weighted by Gasteiger charge is -2.22. The van der Waals surface area contributed by atoms with Gasteiger partial charge in [-0.25, -0.2) is 5.43 Å². The first kappa shape index (κ1) is 20.7. The van der Waals surface area contributed by atoms with E-state index in [2.05, 4.69) is 34.3 Å². The summed E-state index contributed by atoms with van der Waals surface area (Å²) in [6.07, 6.45) is 6.25. The Bertz CT molecular complexity index is 964. The average molecular weight is 393 g/mol.